The van der Waals surface area contributed by atoms with Crippen molar-refractivity contribution in [2.45, 2.75) is 47.0 Å². The largest absolute Gasteiger partial charge is 0.507 e. The van der Waals surface area contributed by atoms with Gasteiger partial charge in [0, 0.05) is 11.0 Å². The molecule has 116 valence electrons. The van der Waals surface area contributed by atoms with Gasteiger partial charge in [-0.3, -0.25) is 4.79 Å². The molecule has 0 fully saturated rings. The highest BCUT2D eigenvalue weighted by atomic mass is 16.3. The van der Waals surface area contributed by atoms with Gasteiger partial charge in [-0.05, 0) is 55.5 Å². The Hall–Kier alpha value is -2.09. The third kappa shape index (κ3) is 2.66. The van der Waals surface area contributed by atoms with Crippen molar-refractivity contribution < 1.29 is 9.90 Å². The molecule has 0 spiro atoms. The average molecular weight is 296 g/mol. The molecule has 2 nitrogen and oxygen atoms in total. The first-order valence-corrected chi connectivity index (χ1v) is 7.58. The van der Waals surface area contributed by atoms with Crippen molar-refractivity contribution in [1.82, 2.24) is 0 Å². The summed E-state index contributed by atoms with van der Waals surface area (Å²) < 4.78 is 0. The van der Waals surface area contributed by atoms with Crippen LogP contribution in [-0.2, 0) is 5.41 Å². The van der Waals surface area contributed by atoms with Crippen LogP contribution >= 0.6 is 0 Å². The van der Waals surface area contributed by atoms with Crippen LogP contribution in [0.3, 0.4) is 0 Å². The van der Waals surface area contributed by atoms with Gasteiger partial charge in [-0.25, -0.2) is 0 Å². The predicted octanol–water partition coefficient (Wildman–Crippen LogP) is 4.85. The maximum absolute atomic E-state index is 11.4. The van der Waals surface area contributed by atoms with Crippen molar-refractivity contribution in [1.29, 1.82) is 0 Å². The number of hydrogen-bond donors (Lipinski definition) is 1. The molecule has 0 aliphatic carbocycles. The monoisotopic (exact) mass is 296 g/mol. The Morgan fingerprint density at radius 1 is 1.00 bits per heavy atom. The van der Waals surface area contributed by atoms with E-state index in [4.69, 9.17) is 0 Å². The second-order valence-corrected chi connectivity index (χ2v) is 6.60. The molecule has 0 unspecified atom stereocenters. The molecule has 0 aromatic heterocycles. The number of hydrogen-bond acceptors (Lipinski definition) is 2. The molecule has 0 amide bonds. The van der Waals surface area contributed by atoms with Crippen LogP contribution in [0.4, 0.5) is 0 Å². The normalized spacial score (nSPS) is 11.5. The molecular weight excluding hydrogens is 272 g/mol. The summed E-state index contributed by atoms with van der Waals surface area (Å²) in [6.07, 6.45) is 0. The summed E-state index contributed by atoms with van der Waals surface area (Å²) in [5.41, 5.74) is 5.84. The number of carbonyl (C=O) groups is 1. The van der Waals surface area contributed by atoms with Gasteiger partial charge in [0.2, 0.25) is 0 Å². The lowest BCUT2D eigenvalue weighted by molar-refractivity contribution is 0.101. The number of phenolic OH excluding ortho intramolecular Hbond substituents is 1. The molecule has 0 saturated carbocycles. The van der Waals surface area contributed by atoms with Gasteiger partial charge in [-0.1, -0.05) is 44.2 Å². The fraction of sp³-hybridized carbons (Fsp3) is 0.350. The van der Waals surface area contributed by atoms with Crippen LogP contribution in [0.5, 0.6) is 5.75 Å². The topological polar surface area (TPSA) is 37.3 Å². The van der Waals surface area contributed by atoms with Gasteiger partial charge in [-0.2, -0.15) is 0 Å². The third-order valence-corrected chi connectivity index (χ3v) is 4.74. The first-order valence-electron chi connectivity index (χ1n) is 7.58. The van der Waals surface area contributed by atoms with Crippen molar-refractivity contribution >= 4 is 5.78 Å². The summed E-state index contributed by atoms with van der Waals surface area (Å²) in [6.45, 7) is 11.9. The average Bonchev–Trinajstić information content (AvgIpc) is 2.48. The van der Waals surface area contributed by atoms with E-state index in [9.17, 15) is 9.90 Å². The van der Waals surface area contributed by atoms with E-state index in [1.165, 1.54) is 5.56 Å². The van der Waals surface area contributed by atoms with Gasteiger partial charge in [-0.15, -0.1) is 0 Å². The molecule has 2 heteroatoms. The molecule has 0 atom stereocenters. The van der Waals surface area contributed by atoms with Crippen LogP contribution in [0.25, 0.3) is 0 Å². The van der Waals surface area contributed by atoms with Crippen molar-refractivity contribution in [2.24, 2.45) is 0 Å². The molecule has 1 N–H and O–H groups in total. The number of Topliss-reactive ketones (excluding diaryl/α,β-unsaturated/α-hetero) is 1. The second-order valence-electron chi connectivity index (χ2n) is 6.60. The highest BCUT2D eigenvalue weighted by Gasteiger charge is 2.27. The number of rotatable bonds is 3. The maximum Gasteiger partial charge on any atom is 0.159 e. The first kappa shape index (κ1) is 16.3. The summed E-state index contributed by atoms with van der Waals surface area (Å²) in [7, 11) is 0. The lowest BCUT2D eigenvalue weighted by Gasteiger charge is -2.29. The van der Waals surface area contributed by atoms with Crippen LogP contribution in [0.1, 0.15) is 58.9 Å². The van der Waals surface area contributed by atoms with E-state index in [-0.39, 0.29) is 11.2 Å². The zero-order valence-corrected chi connectivity index (χ0v) is 14.2. The highest BCUT2D eigenvalue weighted by molar-refractivity contribution is 5.94. The highest BCUT2D eigenvalue weighted by Crippen LogP contribution is 2.38. The number of phenols is 1. The molecule has 0 aliphatic rings. The van der Waals surface area contributed by atoms with Crippen molar-refractivity contribution in [3.8, 4) is 5.75 Å². The minimum Gasteiger partial charge on any atom is -0.507 e. The standard InChI is InChI=1S/C20H24O2/c1-12-11-18(13(2)14(3)19(12)22)20(5,6)17-9-7-16(8-10-17)15(4)21/h7-11,22H,1-6H3. The SMILES string of the molecule is CC(=O)c1ccc(C(C)(C)c2cc(C)c(O)c(C)c2C)cc1. The van der Waals surface area contributed by atoms with E-state index in [1.54, 1.807) is 6.92 Å². The summed E-state index contributed by atoms with van der Waals surface area (Å²) in [4.78, 5) is 11.4. The smallest absolute Gasteiger partial charge is 0.159 e. The van der Waals surface area contributed by atoms with E-state index in [0.717, 1.165) is 27.8 Å². The third-order valence-electron chi connectivity index (χ3n) is 4.74. The fourth-order valence-corrected chi connectivity index (χ4v) is 2.99. The molecule has 2 aromatic carbocycles. The Morgan fingerprint density at radius 3 is 2.05 bits per heavy atom. The van der Waals surface area contributed by atoms with E-state index in [1.807, 2.05) is 38.1 Å². The summed E-state index contributed by atoms with van der Waals surface area (Å²) in [5, 5.41) is 10.1. The van der Waals surface area contributed by atoms with Crippen LogP contribution in [-0.4, -0.2) is 10.9 Å². The van der Waals surface area contributed by atoms with Gasteiger partial charge in [0.15, 0.2) is 5.78 Å². The Morgan fingerprint density at radius 2 is 1.55 bits per heavy atom. The first-order chi connectivity index (χ1) is 10.2. The van der Waals surface area contributed by atoms with Crippen molar-refractivity contribution in [2.75, 3.05) is 0 Å². The molecule has 2 aromatic rings. The predicted molar refractivity (Wildman–Crippen MR) is 90.9 cm³/mol. The Bertz CT molecular complexity index is 722. The Kier molecular flexibility index (Phi) is 4.15. The van der Waals surface area contributed by atoms with Gasteiger partial charge < -0.3 is 5.11 Å². The molecule has 22 heavy (non-hydrogen) atoms. The van der Waals surface area contributed by atoms with Crippen LogP contribution in [0.2, 0.25) is 0 Å². The number of aromatic hydroxyl groups is 1. The lowest BCUT2D eigenvalue weighted by Crippen LogP contribution is -2.21. The van der Waals surface area contributed by atoms with Gasteiger partial charge in [0.1, 0.15) is 5.75 Å². The summed E-state index contributed by atoms with van der Waals surface area (Å²) in [5.74, 6) is 0.459. The molecule has 0 saturated heterocycles. The number of benzene rings is 2. The number of ketones is 1. The van der Waals surface area contributed by atoms with Crippen LogP contribution in [0.15, 0.2) is 30.3 Å². The minimum atomic E-state index is -0.192. The minimum absolute atomic E-state index is 0.0804. The van der Waals surface area contributed by atoms with Crippen LogP contribution in [0, 0.1) is 20.8 Å². The quantitative estimate of drug-likeness (QED) is 0.822. The summed E-state index contributed by atoms with van der Waals surface area (Å²) in [6, 6.07) is 9.88. The molecule has 0 heterocycles. The fourth-order valence-electron chi connectivity index (χ4n) is 2.99. The second kappa shape index (κ2) is 5.60. The van der Waals surface area contributed by atoms with Crippen LogP contribution < -0.4 is 0 Å². The van der Waals surface area contributed by atoms with E-state index < -0.39 is 0 Å². The van der Waals surface area contributed by atoms with Gasteiger partial charge in [0.25, 0.3) is 0 Å². The Labute approximate surface area is 132 Å². The maximum atomic E-state index is 11.4. The lowest BCUT2D eigenvalue weighted by atomic mass is 9.74. The van der Waals surface area contributed by atoms with Gasteiger partial charge in [0.05, 0.1) is 0 Å². The molecule has 2 rings (SSSR count). The summed E-state index contributed by atoms with van der Waals surface area (Å²) >= 11 is 0. The van der Waals surface area contributed by atoms with E-state index in [0.29, 0.717) is 5.75 Å². The molecule has 0 aliphatic heterocycles. The van der Waals surface area contributed by atoms with E-state index in [2.05, 4.69) is 26.8 Å². The number of aryl methyl sites for hydroxylation is 1. The molecule has 0 radical (unpaired) electrons. The molecular formula is C20H24O2. The van der Waals surface area contributed by atoms with Crippen molar-refractivity contribution in [3.63, 3.8) is 0 Å². The molecule has 0 bridgehead atoms. The number of carbonyl (C=O) groups excluding carboxylic acids is 1. The zero-order chi connectivity index (χ0) is 16.7. The zero-order valence-electron chi connectivity index (χ0n) is 14.2. The van der Waals surface area contributed by atoms with Crippen molar-refractivity contribution in [3.05, 3.63) is 63.7 Å². The van der Waals surface area contributed by atoms with Gasteiger partial charge >= 0.3 is 0 Å². The Balaban J connectivity index is 2.57. The van der Waals surface area contributed by atoms with E-state index >= 15 is 0 Å².